The number of hydrogen-bond donors (Lipinski definition) is 1. The summed E-state index contributed by atoms with van der Waals surface area (Å²) in [6.07, 6.45) is -1.24. The molecule has 4 nitrogen and oxygen atoms in total. The fourth-order valence-corrected chi connectivity index (χ4v) is 1.82. The molecule has 0 bridgehead atoms. The van der Waals surface area contributed by atoms with E-state index in [-0.39, 0.29) is 5.97 Å². The second-order valence-electron chi connectivity index (χ2n) is 4.09. The molecule has 1 aromatic rings. The maximum atomic E-state index is 10.9. The van der Waals surface area contributed by atoms with Gasteiger partial charge in [0.15, 0.2) is 6.23 Å². The molecule has 0 aromatic heterocycles. The Morgan fingerprint density at radius 2 is 2.06 bits per heavy atom. The zero-order valence-corrected chi connectivity index (χ0v) is 10.7. The Kier molecular flexibility index (Phi) is 4.52. The van der Waals surface area contributed by atoms with E-state index in [0.717, 1.165) is 11.3 Å². The topological polar surface area (TPSA) is 49.8 Å². The molecular formula is C13H19NO3. The van der Waals surface area contributed by atoms with Gasteiger partial charge < -0.3 is 14.7 Å². The zero-order valence-electron chi connectivity index (χ0n) is 10.7. The van der Waals surface area contributed by atoms with Crippen LogP contribution in [0.3, 0.4) is 0 Å². The van der Waals surface area contributed by atoms with Gasteiger partial charge in [-0.3, -0.25) is 4.79 Å². The molecule has 17 heavy (non-hydrogen) atoms. The molecule has 2 unspecified atom stereocenters. The Balaban J connectivity index is 2.96. The average Bonchev–Trinajstić information content (AvgIpc) is 2.15. The molecule has 0 aliphatic rings. The van der Waals surface area contributed by atoms with Crippen molar-refractivity contribution in [3.8, 4) is 0 Å². The molecule has 0 spiro atoms. The minimum Gasteiger partial charge on any atom is -0.442 e. The maximum Gasteiger partial charge on any atom is 0.304 e. The standard InChI is InChI=1S/C13H19NO3/c1-9-6-5-7-13(8-9)14(10(2)15)11(3)17-12(4)16/h5-8,10-11,15H,1-4H3. The molecule has 0 aliphatic carbocycles. The van der Waals surface area contributed by atoms with E-state index in [0.29, 0.717) is 0 Å². The summed E-state index contributed by atoms with van der Waals surface area (Å²) < 4.78 is 5.09. The van der Waals surface area contributed by atoms with Gasteiger partial charge in [-0.1, -0.05) is 12.1 Å². The third-order valence-electron chi connectivity index (χ3n) is 2.43. The molecule has 1 N–H and O–H groups in total. The van der Waals surface area contributed by atoms with Gasteiger partial charge in [0, 0.05) is 12.6 Å². The van der Waals surface area contributed by atoms with Gasteiger partial charge in [-0.15, -0.1) is 0 Å². The van der Waals surface area contributed by atoms with Gasteiger partial charge >= 0.3 is 5.97 Å². The van der Waals surface area contributed by atoms with Crippen LogP contribution in [0.5, 0.6) is 0 Å². The molecular weight excluding hydrogens is 218 g/mol. The average molecular weight is 237 g/mol. The van der Waals surface area contributed by atoms with Crippen molar-refractivity contribution in [2.24, 2.45) is 0 Å². The van der Waals surface area contributed by atoms with Crippen LogP contribution in [-0.2, 0) is 9.53 Å². The van der Waals surface area contributed by atoms with Crippen LogP contribution in [0.15, 0.2) is 24.3 Å². The summed E-state index contributed by atoms with van der Waals surface area (Å²) in [5.74, 6) is -0.365. The van der Waals surface area contributed by atoms with E-state index >= 15 is 0 Å². The Hall–Kier alpha value is -1.55. The number of esters is 1. The van der Waals surface area contributed by atoms with Crippen molar-refractivity contribution >= 4 is 11.7 Å². The van der Waals surface area contributed by atoms with Crippen LogP contribution in [0.1, 0.15) is 26.3 Å². The Morgan fingerprint density at radius 3 is 2.53 bits per heavy atom. The van der Waals surface area contributed by atoms with Gasteiger partial charge in [0.2, 0.25) is 0 Å². The molecule has 1 aromatic carbocycles. The lowest BCUT2D eigenvalue weighted by atomic mass is 10.2. The summed E-state index contributed by atoms with van der Waals surface area (Å²) in [6, 6.07) is 7.69. The van der Waals surface area contributed by atoms with E-state index in [1.165, 1.54) is 6.92 Å². The number of hydrogen-bond acceptors (Lipinski definition) is 4. The van der Waals surface area contributed by atoms with E-state index in [1.807, 2.05) is 31.2 Å². The molecule has 1 rings (SSSR count). The zero-order chi connectivity index (χ0) is 13.0. The van der Waals surface area contributed by atoms with Crippen LogP contribution in [0.4, 0.5) is 5.69 Å². The van der Waals surface area contributed by atoms with Crippen LogP contribution >= 0.6 is 0 Å². The molecule has 0 amide bonds. The van der Waals surface area contributed by atoms with Crippen LogP contribution in [0, 0.1) is 6.92 Å². The van der Waals surface area contributed by atoms with Crippen LogP contribution < -0.4 is 4.90 Å². The second-order valence-corrected chi connectivity index (χ2v) is 4.09. The van der Waals surface area contributed by atoms with Crippen molar-refractivity contribution in [1.82, 2.24) is 0 Å². The number of anilines is 1. The van der Waals surface area contributed by atoms with Crippen LogP contribution in [0.25, 0.3) is 0 Å². The van der Waals surface area contributed by atoms with Crippen molar-refractivity contribution in [2.75, 3.05) is 4.90 Å². The summed E-state index contributed by atoms with van der Waals surface area (Å²) in [6.45, 7) is 6.70. The van der Waals surface area contributed by atoms with Crippen molar-refractivity contribution in [3.05, 3.63) is 29.8 Å². The predicted octanol–water partition coefficient (Wildman–Crippen LogP) is 2.05. The first-order valence-corrected chi connectivity index (χ1v) is 5.62. The number of rotatable bonds is 4. The highest BCUT2D eigenvalue weighted by atomic mass is 16.6. The fourth-order valence-electron chi connectivity index (χ4n) is 1.82. The Bertz CT molecular complexity index is 390. The predicted molar refractivity (Wildman–Crippen MR) is 66.6 cm³/mol. The molecule has 2 atom stereocenters. The number of aliphatic hydroxyl groups is 1. The molecule has 94 valence electrons. The van der Waals surface area contributed by atoms with Crippen LogP contribution in [-0.4, -0.2) is 23.5 Å². The smallest absolute Gasteiger partial charge is 0.304 e. The number of carbonyl (C=O) groups is 1. The Labute approximate surface area is 102 Å². The molecule has 0 saturated carbocycles. The highest BCUT2D eigenvalue weighted by Gasteiger charge is 2.21. The number of benzene rings is 1. The van der Waals surface area contributed by atoms with E-state index in [9.17, 15) is 9.90 Å². The highest BCUT2D eigenvalue weighted by molar-refractivity contribution is 5.66. The van der Waals surface area contributed by atoms with E-state index in [1.54, 1.807) is 18.7 Å². The summed E-state index contributed by atoms with van der Waals surface area (Å²) in [5.41, 5.74) is 1.91. The molecule has 0 radical (unpaired) electrons. The number of aliphatic hydroxyl groups excluding tert-OH is 1. The van der Waals surface area contributed by atoms with Gasteiger partial charge in [0.1, 0.15) is 6.23 Å². The largest absolute Gasteiger partial charge is 0.442 e. The van der Waals surface area contributed by atoms with E-state index in [4.69, 9.17) is 4.74 Å². The maximum absolute atomic E-state index is 10.9. The van der Waals surface area contributed by atoms with Crippen molar-refractivity contribution in [3.63, 3.8) is 0 Å². The van der Waals surface area contributed by atoms with Crippen molar-refractivity contribution in [2.45, 2.75) is 40.2 Å². The highest BCUT2D eigenvalue weighted by Crippen LogP contribution is 2.21. The van der Waals surface area contributed by atoms with E-state index < -0.39 is 12.5 Å². The second kappa shape index (κ2) is 5.68. The summed E-state index contributed by atoms with van der Waals surface area (Å²) in [4.78, 5) is 12.6. The molecule has 0 saturated heterocycles. The van der Waals surface area contributed by atoms with Gasteiger partial charge in [0.25, 0.3) is 0 Å². The normalized spacial score (nSPS) is 13.9. The molecule has 0 aliphatic heterocycles. The third kappa shape index (κ3) is 3.75. The first kappa shape index (κ1) is 13.5. The monoisotopic (exact) mass is 237 g/mol. The first-order valence-electron chi connectivity index (χ1n) is 5.62. The SMILES string of the molecule is CC(=O)OC(C)N(c1cccc(C)c1)C(C)O. The molecule has 4 heteroatoms. The third-order valence-corrected chi connectivity index (χ3v) is 2.43. The lowest BCUT2D eigenvalue weighted by molar-refractivity contribution is -0.146. The van der Waals surface area contributed by atoms with E-state index in [2.05, 4.69) is 0 Å². The number of aryl methyl sites for hydroxylation is 1. The summed E-state index contributed by atoms with van der Waals surface area (Å²) in [5, 5.41) is 9.77. The van der Waals surface area contributed by atoms with Gasteiger partial charge in [-0.2, -0.15) is 0 Å². The quantitative estimate of drug-likeness (QED) is 0.643. The summed E-state index contributed by atoms with van der Waals surface area (Å²) in [7, 11) is 0. The van der Waals surface area contributed by atoms with Crippen molar-refractivity contribution in [1.29, 1.82) is 0 Å². The lowest BCUT2D eigenvalue weighted by Gasteiger charge is -2.33. The van der Waals surface area contributed by atoms with Gasteiger partial charge in [0.05, 0.1) is 0 Å². The lowest BCUT2D eigenvalue weighted by Crippen LogP contribution is -2.42. The summed E-state index contributed by atoms with van der Waals surface area (Å²) >= 11 is 0. The van der Waals surface area contributed by atoms with Gasteiger partial charge in [-0.05, 0) is 38.5 Å². The van der Waals surface area contributed by atoms with Crippen LogP contribution in [0.2, 0.25) is 0 Å². The fraction of sp³-hybridized carbons (Fsp3) is 0.462. The van der Waals surface area contributed by atoms with Gasteiger partial charge in [-0.25, -0.2) is 0 Å². The minimum atomic E-state index is -0.730. The Morgan fingerprint density at radius 1 is 1.41 bits per heavy atom. The van der Waals surface area contributed by atoms with Crippen molar-refractivity contribution < 1.29 is 14.6 Å². The molecule has 0 heterocycles. The molecule has 0 fully saturated rings. The number of nitrogens with zero attached hydrogens (tertiary/aromatic N) is 1. The number of carbonyl (C=O) groups excluding carboxylic acids is 1. The number of ether oxygens (including phenoxy) is 1. The first-order chi connectivity index (χ1) is 7.91. The minimum absolute atomic E-state index is 0.365.